The number of hydrogen-bond donors (Lipinski definition) is 2. The van der Waals surface area contributed by atoms with Crippen molar-refractivity contribution in [3.05, 3.63) is 30.1 Å². The highest BCUT2D eigenvalue weighted by Crippen LogP contribution is 2.28. The lowest BCUT2D eigenvalue weighted by molar-refractivity contribution is 0.0958. The van der Waals surface area contributed by atoms with Crippen LogP contribution in [0.15, 0.2) is 24.5 Å². The number of H-pyrrole nitrogens is 1. The van der Waals surface area contributed by atoms with Gasteiger partial charge in [0.2, 0.25) is 0 Å². The van der Waals surface area contributed by atoms with E-state index in [1.54, 1.807) is 12.4 Å². The number of carbonyl (C=O) groups excluding carboxylic acids is 1. The number of pyridine rings is 1. The maximum Gasteiger partial charge on any atom is 0.253 e. The van der Waals surface area contributed by atoms with Gasteiger partial charge in [0.15, 0.2) is 0 Å². The number of nitrogens with one attached hydrogen (secondary N) is 2. The SMILES string of the molecule is O=C(NCCSC1CCCC1)c1c[nH]c2ncccc12. The molecule has 2 heterocycles. The molecule has 1 saturated carbocycles. The van der Waals surface area contributed by atoms with Crippen LogP contribution in [0.25, 0.3) is 11.0 Å². The highest BCUT2D eigenvalue weighted by molar-refractivity contribution is 7.99. The fourth-order valence-corrected chi connectivity index (χ4v) is 3.90. The summed E-state index contributed by atoms with van der Waals surface area (Å²) in [5.41, 5.74) is 1.44. The molecule has 0 aromatic carbocycles. The van der Waals surface area contributed by atoms with Crippen LogP contribution in [0.4, 0.5) is 0 Å². The Morgan fingerprint density at radius 1 is 1.45 bits per heavy atom. The maximum atomic E-state index is 12.1. The number of amides is 1. The van der Waals surface area contributed by atoms with Crippen molar-refractivity contribution in [3.63, 3.8) is 0 Å². The molecule has 0 spiro atoms. The number of nitrogens with zero attached hydrogens (tertiary/aromatic N) is 1. The van der Waals surface area contributed by atoms with Gasteiger partial charge >= 0.3 is 0 Å². The molecular formula is C15H19N3OS. The Morgan fingerprint density at radius 3 is 3.15 bits per heavy atom. The van der Waals surface area contributed by atoms with Crippen molar-refractivity contribution in [1.29, 1.82) is 0 Å². The number of aromatic amines is 1. The summed E-state index contributed by atoms with van der Waals surface area (Å²) in [6.07, 6.45) is 8.87. The van der Waals surface area contributed by atoms with Crippen molar-refractivity contribution in [2.24, 2.45) is 0 Å². The van der Waals surface area contributed by atoms with Crippen LogP contribution in [-0.4, -0.2) is 33.4 Å². The van der Waals surface area contributed by atoms with Crippen molar-refractivity contribution in [2.45, 2.75) is 30.9 Å². The Morgan fingerprint density at radius 2 is 2.30 bits per heavy atom. The number of carbonyl (C=O) groups is 1. The Bertz CT molecular complexity index is 590. The van der Waals surface area contributed by atoms with Crippen molar-refractivity contribution < 1.29 is 4.79 Å². The summed E-state index contributed by atoms with van der Waals surface area (Å²) in [6, 6.07) is 3.77. The van der Waals surface area contributed by atoms with Crippen LogP contribution in [0, 0.1) is 0 Å². The van der Waals surface area contributed by atoms with Crippen LogP contribution in [0.3, 0.4) is 0 Å². The van der Waals surface area contributed by atoms with E-state index >= 15 is 0 Å². The summed E-state index contributed by atoms with van der Waals surface area (Å²) in [4.78, 5) is 19.4. The van der Waals surface area contributed by atoms with Crippen molar-refractivity contribution in [1.82, 2.24) is 15.3 Å². The normalized spacial score (nSPS) is 15.8. The summed E-state index contributed by atoms with van der Waals surface area (Å²) in [7, 11) is 0. The number of hydrogen-bond acceptors (Lipinski definition) is 3. The maximum absolute atomic E-state index is 12.1. The highest BCUT2D eigenvalue weighted by atomic mass is 32.2. The summed E-state index contributed by atoms with van der Waals surface area (Å²) in [6.45, 7) is 0.729. The Kier molecular flexibility index (Phi) is 4.25. The van der Waals surface area contributed by atoms with E-state index in [2.05, 4.69) is 15.3 Å². The zero-order chi connectivity index (χ0) is 13.8. The van der Waals surface area contributed by atoms with Crippen LogP contribution in [0.1, 0.15) is 36.0 Å². The van der Waals surface area contributed by atoms with Gasteiger partial charge in [0.05, 0.1) is 5.56 Å². The van der Waals surface area contributed by atoms with E-state index in [0.29, 0.717) is 5.56 Å². The van der Waals surface area contributed by atoms with Gasteiger partial charge in [-0.25, -0.2) is 4.98 Å². The van der Waals surface area contributed by atoms with Crippen molar-refractivity contribution in [2.75, 3.05) is 12.3 Å². The first kappa shape index (κ1) is 13.5. The van der Waals surface area contributed by atoms with E-state index < -0.39 is 0 Å². The third-order valence-electron chi connectivity index (χ3n) is 3.74. The lowest BCUT2D eigenvalue weighted by atomic mass is 10.2. The number of fused-ring (bicyclic) bond motifs is 1. The lowest BCUT2D eigenvalue weighted by Gasteiger charge is -2.09. The minimum atomic E-state index is -0.0173. The van der Waals surface area contributed by atoms with Crippen molar-refractivity contribution >= 4 is 28.7 Å². The van der Waals surface area contributed by atoms with Gasteiger partial charge in [0.1, 0.15) is 5.65 Å². The number of aromatic nitrogens is 2. The van der Waals surface area contributed by atoms with E-state index in [9.17, 15) is 4.79 Å². The van der Waals surface area contributed by atoms with Gasteiger partial charge in [0, 0.05) is 35.3 Å². The van der Waals surface area contributed by atoms with Crippen LogP contribution in [0.5, 0.6) is 0 Å². The molecule has 0 unspecified atom stereocenters. The Hall–Kier alpha value is -1.49. The van der Waals surface area contributed by atoms with Gasteiger partial charge in [-0.3, -0.25) is 4.79 Å². The molecule has 2 aromatic heterocycles. The minimum Gasteiger partial charge on any atom is -0.351 e. The molecule has 1 aliphatic carbocycles. The lowest BCUT2D eigenvalue weighted by Crippen LogP contribution is -2.26. The van der Waals surface area contributed by atoms with Gasteiger partial charge < -0.3 is 10.3 Å². The predicted molar refractivity (Wildman–Crippen MR) is 83.1 cm³/mol. The minimum absolute atomic E-state index is 0.0173. The van der Waals surface area contributed by atoms with Gasteiger partial charge in [-0.05, 0) is 25.0 Å². The quantitative estimate of drug-likeness (QED) is 0.832. The molecule has 0 aliphatic heterocycles. The molecule has 0 atom stereocenters. The van der Waals surface area contributed by atoms with E-state index in [0.717, 1.165) is 28.6 Å². The second-order valence-electron chi connectivity index (χ2n) is 5.14. The fourth-order valence-electron chi connectivity index (χ4n) is 2.68. The average Bonchev–Trinajstić information content (AvgIpc) is 3.12. The third kappa shape index (κ3) is 2.98. The topological polar surface area (TPSA) is 57.8 Å². The second-order valence-corrected chi connectivity index (χ2v) is 6.54. The monoisotopic (exact) mass is 289 g/mol. The number of thioether (sulfide) groups is 1. The van der Waals surface area contributed by atoms with E-state index in [-0.39, 0.29) is 5.91 Å². The fraction of sp³-hybridized carbons (Fsp3) is 0.467. The first-order valence-corrected chi connectivity index (χ1v) is 8.21. The molecule has 2 aromatic rings. The first-order valence-electron chi connectivity index (χ1n) is 7.16. The van der Waals surface area contributed by atoms with Crippen LogP contribution >= 0.6 is 11.8 Å². The molecule has 106 valence electrons. The Balaban J connectivity index is 1.51. The van der Waals surface area contributed by atoms with Crippen molar-refractivity contribution in [3.8, 4) is 0 Å². The van der Waals surface area contributed by atoms with Gasteiger partial charge in [-0.2, -0.15) is 11.8 Å². The molecule has 1 amide bonds. The highest BCUT2D eigenvalue weighted by Gasteiger charge is 2.15. The molecule has 2 N–H and O–H groups in total. The molecule has 0 radical (unpaired) electrons. The molecule has 1 fully saturated rings. The van der Waals surface area contributed by atoms with Crippen LogP contribution in [-0.2, 0) is 0 Å². The average molecular weight is 289 g/mol. The summed E-state index contributed by atoms with van der Waals surface area (Å²) in [5.74, 6) is 0.980. The van der Waals surface area contributed by atoms with Gasteiger partial charge in [-0.1, -0.05) is 12.8 Å². The molecule has 1 aliphatic rings. The van der Waals surface area contributed by atoms with Crippen LogP contribution in [0.2, 0.25) is 0 Å². The van der Waals surface area contributed by atoms with E-state index in [1.807, 2.05) is 23.9 Å². The summed E-state index contributed by atoms with van der Waals surface area (Å²) < 4.78 is 0. The largest absolute Gasteiger partial charge is 0.351 e. The molecule has 4 nitrogen and oxygen atoms in total. The zero-order valence-electron chi connectivity index (χ0n) is 11.4. The standard InChI is InChI=1S/C15H19N3OS/c19-15(17-8-9-20-11-4-1-2-5-11)13-10-18-14-12(13)6-3-7-16-14/h3,6-7,10-11H,1-2,4-5,8-9H2,(H,16,18)(H,17,19). The molecule has 5 heteroatoms. The van der Waals surface area contributed by atoms with Gasteiger partial charge in [-0.15, -0.1) is 0 Å². The zero-order valence-corrected chi connectivity index (χ0v) is 12.2. The molecule has 20 heavy (non-hydrogen) atoms. The predicted octanol–water partition coefficient (Wildman–Crippen LogP) is 2.97. The Labute approximate surface area is 122 Å². The third-order valence-corrected chi connectivity index (χ3v) is 5.12. The van der Waals surface area contributed by atoms with E-state index in [4.69, 9.17) is 0 Å². The molecule has 0 saturated heterocycles. The van der Waals surface area contributed by atoms with Gasteiger partial charge in [0.25, 0.3) is 5.91 Å². The number of rotatable bonds is 5. The van der Waals surface area contributed by atoms with Crippen LogP contribution < -0.4 is 5.32 Å². The summed E-state index contributed by atoms with van der Waals surface area (Å²) >= 11 is 1.99. The second kappa shape index (κ2) is 6.31. The molecule has 3 rings (SSSR count). The molecule has 0 bridgehead atoms. The molecular weight excluding hydrogens is 270 g/mol. The van der Waals surface area contributed by atoms with E-state index in [1.165, 1.54) is 25.7 Å². The summed E-state index contributed by atoms with van der Waals surface area (Å²) in [5, 5.41) is 4.69. The smallest absolute Gasteiger partial charge is 0.253 e. The first-order chi connectivity index (χ1) is 9.84.